The first kappa shape index (κ1) is 25.9. The van der Waals surface area contributed by atoms with Gasteiger partial charge in [-0.15, -0.1) is 0 Å². The first-order valence-corrected chi connectivity index (χ1v) is 13.6. The standard InChI is InChI=1S/C37H38O/c1-23-19-30(28-17-13-9-11-15-26(23)28)34(31-20-24(2)27-16-12-10-14-18-29(27)31)25-21-32(36(3,4)5)35(38)33(22-25)37(6,7)8/h9-22H,1-8H3. The lowest BCUT2D eigenvalue weighted by atomic mass is 9.71. The number of rotatable bonds is 2. The quantitative estimate of drug-likeness (QED) is 0.269. The van der Waals surface area contributed by atoms with Gasteiger partial charge in [0.1, 0.15) is 0 Å². The van der Waals surface area contributed by atoms with Crippen LogP contribution in [-0.4, -0.2) is 5.78 Å². The van der Waals surface area contributed by atoms with Crippen LogP contribution >= 0.6 is 0 Å². The molecule has 0 aromatic heterocycles. The third kappa shape index (κ3) is 4.45. The predicted molar refractivity (Wildman–Crippen MR) is 162 cm³/mol. The van der Waals surface area contributed by atoms with E-state index in [4.69, 9.17) is 0 Å². The van der Waals surface area contributed by atoms with Gasteiger partial charge < -0.3 is 0 Å². The highest BCUT2D eigenvalue weighted by Crippen LogP contribution is 2.47. The van der Waals surface area contributed by atoms with Crippen molar-refractivity contribution in [3.63, 3.8) is 0 Å². The predicted octanol–water partition coefficient (Wildman–Crippen LogP) is 9.84. The molecule has 0 unspecified atom stereocenters. The summed E-state index contributed by atoms with van der Waals surface area (Å²) in [6.45, 7) is 17.2. The molecule has 0 bridgehead atoms. The second kappa shape index (κ2) is 9.24. The summed E-state index contributed by atoms with van der Waals surface area (Å²) < 4.78 is 0. The van der Waals surface area contributed by atoms with Crippen molar-refractivity contribution in [3.8, 4) is 22.3 Å². The molecule has 5 rings (SSSR count). The molecular formula is C37H38O. The minimum Gasteiger partial charge on any atom is -0.289 e. The van der Waals surface area contributed by atoms with Gasteiger partial charge in [0.2, 0.25) is 0 Å². The number of fused-ring (bicyclic) bond motifs is 2. The summed E-state index contributed by atoms with van der Waals surface area (Å²) in [5, 5.41) is 0. The van der Waals surface area contributed by atoms with E-state index in [1.54, 1.807) is 0 Å². The van der Waals surface area contributed by atoms with Crippen LogP contribution in [0.4, 0.5) is 0 Å². The zero-order valence-corrected chi connectivity index (χ0v) is 24.0. The number of carbonyl (C=O) groups excluding carboxylic acids is 1. The monoisotopic (exact) mass is 498 g/mol. The average molecular weight is 499 g/mol. The van der Waals surface area contributed by atoms with Gasteiger partial charge in [0, 0.05) is 11.1 Å². The third-order valence-corrected chi connectivity index (χ3v) is 7.76. The van der Waals surface area contributed by atoms with Crippen molar-refractivity contribution in [1.82, 2.24) is 0 Å². The number of carbonyl (C=O) groups is 1. The van der Waals surface area contributed by atoms with Crippen molar-refractivity contribution in [2.75, 3.05) is 0 Å². The molecule has 0 spiro atoms. The van der Waals surface area contributed by atoms with Gasteiger partial charge in [-0.25, -0.2) is 0 Å². The normalized spacial score (nSPS) is 14.6. The van der Waals surface area contributed by atoms with Crippen molar-refractivity contribution >= 4 is 11.4 Å². The molecule has 0 aromatic carbocycles. The highest BCUT2D eigenvalue weighted by atomic mass is 16.1. The maximum atomic E-state index is 13.8. The second-order valence-corrected chi connectivity index (χ2v) is 12.7. The molecule has 192 valence electrons. The number of ketones is 1. The molecule has 0 saturated heterocycles. The Morgan fingerprint density at radius 1 is 0.553 bits per heavy atom. The van der Waals surface area contributed by atoms with Crippen LogP contribution in [0.5, 0.6) is 0 Å². The molecule has 0 radical (unpaired) electrons. The van der Waals surface area contributed by atoms with E-state index in [1.165, 1.54) is 50.1 Å². The Bertz CT molecular complexity index is 1470. The van der Waals surface area contributed by atoms with Gasteiger partial charge >= 0.3 is 0 Å². The Hall–Kier alpha value is -3.71. The number of hydrogen-bond donors (Lipinski definition) is 0. The van der Waals surface area contributed by atoms with Crippen molar-refractivity contribution in [3.05, 3.63) is 124 Å². The van der Waals surface area contributed by atoms with E-state index < -0.39 is 0 Å². The van der Waals surface area contributed by atoms with Gasteiger partial charge in [0.05, 0.1) is 0 Å². The highest BCUT2D eigenvalue weighted by Gasteiger charge is 2.35. The summed E-state index contributed by atoms with van der Waals surface area (Å²) in [5.74, 6) is 0.165. The van der Waals surface area contributed by atoms with Crippen LogP contribution in [0.15, 0.2) is 102 Å². The smallest absolute Gasteiger partial charge is 0.186 e. The van der Waals surface area contributed by atoms with Crippen LogP contribution in [0.3, 0.4) is 0 Å². The van der Waals surface area contributed by atoms with Crippen LogP contribution in [0, 0.1) is 24.7 Å². The fourth-order valence-electron chi connectivity index (χ4n) is 5.75. The Morgan fingerprint density at radius 3 is 1.29 bits per heavy atom. The summed E-state index contributed by atoms with van der Waals surface area (Å²) in [5.41, 5.74) is 13.4. The maximum Gasteiger partial charge on any atom is 0.186 e. The van der Waals surface area contributed by atoms with E-state index in [-0.39, 0.29) is 16.6 Å². The summed E-state index contributed by atoms with van der Waals surface area (Å²) >= 11 is 0. The lowest BCUT2D eigenvalue weighted by molar-refractivity contribution is -0.114. The zero-order valence-electron chi connectivity index (χ0n) is 24.0. The Morgan fingerprint density at radius 2 is 0.921 bits per heavy atom. The summed E-state index contributed by atoms with van der Waals surface area (Å²) in [7, 11) is 0. The second-order valence-electron chi connectivity index (χ2n) is 12.7. The zero-order chi connectivity index (χ0) is 27.4. The van der Waals surface area contributed by atoms with Gasteiger partial charge in [-0.1, -0.05) is 114 Å². The third-order valence-electron chi connectivity index (χ3n) is 7.76. The van der Waals surface area contributed by atoms with E-state index in [2.05, 4.69) is 140 Å². The fourth-order valence-corrected chi connectivity index (χ4v) is 5.75. The molecule has 5 aliphatic carbocycles. The maximum absolute atomic E-state index is 13.8. The molecule has 38 heavy (non-hydrogen) atoms. The number of Topliss-reactive ketones (excluding diaryl/α,β-unsaturated/α-hetero) is 1. The van der Waals surface area contributed by atoms with Crippen LogP contribution in [0.25, 0.3) is 27.8 Å². The van der Waals surface area contributed by atoms with Crippen LogP contribution < -0.4 is 0 Å². The molecule has 1 nitrogen and oxygen atoms in total. The lowest BCUT2D eigenvalue weighted by Gasteiger charge is -2.32. The van der Waals surface area contributed by atoms with E-state index in [0.717, 1.165) is 16.7 Å². The molecule has 0 atom stereocenters. The van der Waals surface area contributed by atoms with Crippen molar-refractivity contribution < 1.29 is 4.79 Å². The molecule has 0 aromatic rings. The van der Waals surface area contributed by atoms with E-state index in [1.807, 2.05) is 0 Å². The van der Waals surface area contributed by atoms with Crippen LogP contribution in [0.2, 0.25) is 0 Å². The van der Waals surface area contributed by atoms with Gasteiger partial charge in [0.15, 0.2) is 5.78 Å². The first-order chi connectivity index (χ1) is 17.9. The molecule has 0 amide bonds. The fraction of sp³-hybridized carbons (Fsp3) is 0.270. The molecule has 0 heterocycles. The Balaban J connectivity index is 1.96. The van der Waals surface area contributed by atoms with E-state index in [0.29, 0.717) is 0 Å². The first-order valence-electron chi connectivity index (χ1n) is 13.6. The van der Waals surface area contributed by atoms with E-state index in [9.17, 15) is 4.79 Å². The Kier molecular flexibility index (Phi) is 6.30. The van der Waals surface area contributed by atoms with Gasteiger partial charge in [-0.05, 0) is 92.5 Å². The minimum absolute atomic E-state index is 0.165. The van der Waals surface area contributed by atoms with Gasteiger partial charge in [-0.2, -0.15) is 0 Å². The van der Waals surface area contributed by atoms with E-state index >= 15 is 0 Å². The molecule has 5 aliphatic rings. The summed E-state index contributed by atoms with van der Waals surface area (Å²) in [4.78, 5) is 13.8. The SMILES string of the molecule is Cc1cc(C(=C2C=C(C(C)(C)C)C(=O)C(C(C)(C)C)=C2)c2cc(C)c3cccccc2-3)c2cccccc1-2. The van der Waals surface area contributed by atoms with Gasteiger partial charge in [-0.3, -0.25) is 4.79 Å². The van der Waals surface area contributed by atoms with Crippen LogP contribution in [0.1, 0.15) is 63.8 Å². The average Bonchev–Trinajstić information content (AvgIpc) is 3.08. The summed E-state index contributed by atoms with van der Waals surface area (Å²) in [6, 6.07) is 26.2. The molecule has 0 saturated carbocycles. The summed E-state index contributed by atoms with van der Waals surface area (Å²) in [6.07, 6.45) is 4.34. The Labute approximate surface area is 228 Å². The van der Waals surface area contributed by atoms with Crippen molar-refractivity contribution in [2.45, 2.75) is 55.4 Å². The molecule has 0 aliphatic heterocycles. The van der Waals surface area contributed by atoms with Gasteiger partial charge in [0.25, 0.3) is 0 Å². The number of aryl methyl sites for hydroxylation is 2. The molecule has 0 fully saturated rings. The minimum atomic E-state index is -0.273. The molecule has 1 heteroatoms. The van der Waals surface area contributed by atoms with Crippen molar-refractivity contribution in [2.24, 2.45) is 10.8 Å². The molecular weight excluding hydrogens is 460 g/mol. The van der Waals surface area contributed by atoms with Crippen LogP contribution in [-0.2, 0) is 4.79 Å². The topological polar surface area (TPSA) is 17.1 Å². The largest absolute Gasteiger partial charge is 0.289 e. The highest BCUT2D eigenvalue weighted by molar-refractivity contribution is 6.13. The number of hydrogen-bond acceptors (Lipinski definition) is 1. The van der Waals surface area contributed by atoms with Crippen molar-refractivity contribution in [1.29, 1.82) is 0 Å². The molecule has 0 N–H and O–H groups in total. The number of allylic oxidation sites excluding steroid dienone is 5. The lowest BCUT2D eigenvalue weighted by Crippen LogP contribution is -2.28.